The standard InChI is InChI=1S/C24H32N10O4S/c1-14(2)38-20(22-25-11-15(3)12-26-22)17(5)39(35,36)32-24-30-29-23(18-9-8-10-19(28-18)37-7)34(24)16(4)21-27-13-33(6)31-21/h8-14,16-17,20H,1-7H3,(H,30,32). The quantitative estimate of drug-likeness (QED) is 0.288. The summed E-state index contributed by atoms with van der Waals surface area (Å²) in [7, 11) is -0.852. The van der Waals surface area contributed by atoms with Crippen molar-refractivity contribution in [1.29, 1.82) is 0 Å². The molecule has 0 aliphatic rings. The van der Waals surface area contributed by atoms with Gasteiger partial charge in [0, 0.05) is 25.5 Å². The van der Waals surface area contributed by atoms with E-state index in [1.807, 2.05) is 27.7 Å². The Morgan fingerprint density at radius 1 is 1.00 bits per heavy atom. The van der Waals surface area contributed by atoms with Crippen molar-refractivity contribution in [1.82, 2.24) is 44.5 Å². The van der Waals surface area contributed by atoms with E-state index in [2.05, 4.69) is 40.0 Å². The third-order valence-electron chi connectivity index (χ3n) is 5.86. The van der Waals surface area contributed by atoms with Gasteiger partial charge >= 0.3 is 0 Å². The summed E-state index contributed by atoms with van der Waals surface area (Å²) in [6.45, 7) is 8.84. The van der Waals surface area contributed by atoms with E-state index in [0.29, 0.717) is 23.2 Å². The number of pyridine rings is 1. The molecule has 0 aromatic carbocycles. The highest BCUT2D eigenvalue weighted by molar-refractivity contribution is 7.93. The molecule has 0 fully saturated rings. The lowest BCUT2D eigenvalue weighted by Gasteiger charge is -2.25. The molecule has 0 aliphatic carbocycles. The van der Waals surface area contributed by atoms with Crippen molar-refractivity contribution in [2.45, 2.75) is 58.1 Å². The molecule has 0 spiro atoms. The minimum atomic E-state index is -4.10. The fourth-order valence-electron chi connectivity index (χ4n) is 3.83. The molecule has 0 amide bonds. The van der Waals surface area contributed by atoms with Gasteiger partial charge in [0.2, 0.25) is 21.9 Å². The maximum absolute atomic E-state index is 13.7. The zero-order valence-corrected chi connectivity index (χ0v) is 23.7. The van der Waals surface area contributed by atoms with E-state index in [1.165, 1.54) is 14.0 Å². The van der Waals surface area contributed by atoms with Gasteiger partial charge in [0.25, 0.3) is 0 Å². The van der Waals surface area contributed by atoms with Gasteiger partial charge in [-0.3, -0.25) is 14.0 Å². The monoisotopic (exact) mass is 556 g/mol. The first kappa shape index (κ1) is 28.0. The lowest BCUT2D eigenvalue weighted by atomic mass is 10.2. The number of nitrogens with one attached hydrogen (secondary N) is 1. The Bertz CT molecular complexity index is 1520. The van der Waals surface area contributed by atoms with Gasteiger partial charge in [-0.1, -0.05) is 6.07 Å². The van der Waals surface area contributed by atoms with Crippen molar-refractivity contribution in [2.24, 2.45) is 7.05 Å². The van der Waals surface area contributed by atoms with Gasteiger partial charge in [0.15, 0.2) is 17.5 Å². The number of hydrogen-bond donors (Lipinski definition) is 1. The van der Waals surface area contributed by atoms with Crippen LogP contribution in [-0.2, 0) is 21.8 Å². The second kappa shape index (κ2) is 11.4. The predicted molar refractivity (Wildman–Crippen MR) is 142 cm³/mol. The van der Waals surface area contributed by atoms with Gasteiger partial charge in [0.1, 0.15) is 23.4 Å². The van der Waals surface area contributed by atoms with Crippen LogP contribution in [0, 0.1) is 6.92 Å². The molecule has 0 saturated carbocycles. The highest BCUT2D eigenvalue weighted by Crippen LogP contribution is 2.30. The number of nitrogens with zero attached hydrogens (tertiary/aromatic N) is 9. The molecule has 4 aromatic heterocycles. The Labute approximate surface area is 226 Å². The van der Waals surface area contributed by atoms with E-state index in [4.69, 9.17) is 9.47 Å². The van der Waals surface area contributed by atoms with Crippen molar-refractivity contribution in [3.8, 4) is 17.4 Å². The molecule has 3 unspecified atom stereocenters. The fourth-order valence-corrected chi connectivity index (χ4v) is 4.92. The van der Waals surface area contributed by atoms with E-state index >= 15 is 0 Å². The van der Waals surface area contributed by atoms with Crippen molar-refractivity contribution < 1.29 is 17.9 Å². The maximum Gasteiger partial charge on any atom is 0.240 e. The van der Waals surface area contributed by atoms with Gasteiger partial charge in [-0.25, -0.2) is 28.4 Å². The van der Waals surface area contributed by atoms with Crippen LogP contribution in [0.2, 0.25) is 0 Å². The Hall–Kier alpha value is -3.98. The Kier molecular flexibility index (Phi) is 8.20. The van der Waals surface area contributed by atoms with E-state index in [9.17, 15) is 8.42 Å². The molecule has 4 aromatic rings. The zero-order chi connectivity index (χ0) is 28.3. The second-order valence-electron chi connectivity index (χ2n) is 9.31. The first-order chi connectivity index (χ1) is 18.5. The van der Waals surface area contributed by atoms with E-state index < -0.39 is 27.4 Å². The first-order valence-corrected chi connectivity index (χ1v) is 13.8. The maximum atomic E-state index is 13.7. The van der Waals surface area contributed by atoms with Crippen LogP contribution < -0.4 is 9.46 Å². The molecule has 15 heteroatoms. The predicted octanol–water partition coefficient (Wildman–Crippen LogP) is 2.48. The van der Waals surface area contributed by atoms with Crippen molar-refractivity contribution >= 4 is 16.0 Å². The molecule has 14 nitrogen and oxygen atoms in total. The third-order valence-corrected chi connectivity index (χ3v) is 7.55. The molecule has 4 heterocycles. The number of hydrogen-bond acceptors (Lipinski definition) is 11. The smallest absolute Gasteiger partial charge is 0.240 e. The number of methoxy groups -OCH3 is 1. The van der Waals surface area contributed by atoms with Crippen molar-refractivity contribution in [2.75, 3.05) is 11.8 Å². The lowest BCUT2D eigenvalue weighted by molar-refractivity contribution is 0.00152. The number of aromatic nitrogens is 9. The summed E-state index contributed by atoms with van der Waals surface area (Å²) in [6.07, 6.45) is 3.59. The summed E-state index contributed by atoms with van der Waals surface area (Å²) < 4.78 is 44.4. The van der Waals surface area contributed by atoms with Gasteiger partial charge < -0.3 is 9.47 Å². The van der Waals surface area contributed by atoms with E-state index in [-0.39, 0.29) is 17.9 Å². The van der Waals surface area contributed by atoms with Crippen LogP contribution in [-0.4, -0.2) is 71.4 Å². The molecule has 0 aliphatic heterocycles. The molecular weight excluding hydrogens is 524 g/mol. The largest absolute Gasteiger partial charge is 0.481 e. The second-order valence-corrected chi connectivity index (χ2v) is 11.3. The first-order valence-electron chi connectivity index (χ1n) is 12.3. The highest BCUT2D eigenvalue weighted by Gasteiger charge is 2.36. The van der Waals surface area contributed by atoms with Gasteiger partial charge in [-0.05, 0) is 46.2 Å². The van der Waals surface area contributed by atoms with Crippen LogP contribution in [0.15, 0.2) is 36.9 Å². The Morgan fingerprint density at radius 2 is 1.72 bits per heavy atom. The van der Waals surface area contributed by atoms with Crippen LogP contribution in [0.1, 0.15) is 57.1 Å². The van der Waals surface area contributed by atoms with Crippen molar-refractivity contribution in [3.63, 3.8) is 0 Å². The minimum Gasteiger partial charge on any atom is -0.481 e. The van der Waals surface area contributed by atoms with E-state index in [0.717, 1.165) is 5.56 Å². The van der Waals surface area contributed by atoms with Crippen molar-refractivity contribution in [3.05, 3.63) is 54.1 Å². The Balaban J connectivity index is 1.75. The topological polar surface area (TPSA) is 165 Å². The van der Waals surface area contributed by atoms with Gasteiger partial charge in [-0.15, -0.1) is 10.2 Å². The molecule has 208 valence electrons. The van der Waals surface area contributed by atoms with Crippen LogP contribution in [0.4, 0.5) is 5.95 Å². The molecule has 0 saturated heterocycles. The highest BCUT2D eigenvalue weighted by atomic mass is 32.2. The summed E-state index contributed by atoms with van der Waals surface area (Å²) in [6, 6.07) is 4.62. The SMILES string of the molecule is COc1cccc(-c2nnc(NS(=O)(=O)C(C)C(OC(C)C)c3ncc(C)cn3)n2C(C)c2ncn(C)n2)n1. The van der Waals surface area contributed by atoms with Gasteiger partial charge in [-0.2, -0.15) is 5.10 Å². The molecular formula is C24H32N10O4S. The number of sulfonamides is 1. The molecule has 3 atom stereocenters. The van der Waals surface area contributed by atoms with Gasteiger partial charge in [0.05, 0.1) is 19.3 Å². The van der Waals surface area contributed by atoms with E-state index in [1.54, 1.807) is 53.2 Å². The molecule has 39 heavy (non-hydrogen) atoms. The normalized spacial score (nSPS) is 14.3. The lowest BCUT2D eigenvalue weighted by Crippen LogP contribution is -2.35. The minimum absolute atomic E-state index is 0.0328. The third kappa shape index (κ3) is 6.20. The van der Waals surface area contributed by atoms with Crippen LogP contribution >= 0.6 is 0 Å². The molecule has 1 N–H and O–H groups in total. The van der Waals surface area contributed by atoms with Crippen LogP contribution in [0.5, 0.6) is 5.88 Å². The van der Waals surface area contributed by atoms with Crippen LogP contribution in [0.25, 0.3) is 11.5 Å². The zero-order valence-electron chi connectivity index (χ0n) is 22.8. The number of ether oxygens (including phenoxy) is 2. The summed E-state index contributed by atoms with van der Waals surface area (Å²) in [5.41, 5.74) is 1.27. The summed E-state index contributed by atoms with van der Waals surface area (Å²) in [5.74, 6) is 1.34. The number of aryl methyl sites for hydroxylation is 2. The Morgan fingerprint density at radius 3 is 2.33 bits per heavy atom. The average molecular weight is 557 g/mol. The summed E-state index contributed by atoms with van der Waals surface area (Å²) in [5, 5.41) is 11.7. The average Bonchev–Trinajstić information content (AvgIpc) is 3.53. The summed E-state index contributed by atoms with van der Waals surface area (Å²) in [4.78, 5) is 17.4. The fraction of sp³-hybridized carbons (Fsp3) is 0.458. The van der Waals surface area contributed by atoms with Crippen LogP contribution in [0.3, 0.4) is 0 Å². The number of rotatable bonds is 11. The summed E-state index contributed by atoms with van der Waals surface area (Å²) >= 11 is 0. The molecule has 0 radical (unpaired) electrons. The molecule has 0 bridgehead atoms. The molecule has 4 rings (SSSR count). The number of anilines is 1.